The van der Waals surface area contributed by atoms with E-state index in [-0.39, 0.29) is 12.6 Å². The van der Waals surface area contributed by atoms with E-state index in [1.807, 2.05) is 19.1 Å². The molecule has 1 aromatic carbocycles. The molecular weight excluding hydrogens is 284 g/mol. The summed E-state index contributed by atoms with van der Waals surface area (Å²) in [4.78, 5) is 0. The average molecular weight is 308 g/mol. The van der Waals surface area contributed by atoms with E-state index >= 15 is 0 Å². The van der Waals surface area contributed by atoms with Gasteiger partial charge in [0.25, 0.3) is 0 Å². The number of hydrogen-bond donors (Lipinski definition) is 2. The van der Waals surface area contributed by atoms with E-state index in [4.69, 9.17) is 19.5 Å². The lowest BCUT2D eigenvalue weighted by Gasteiger charge is -2.16. The van der Waals surface area contributed by atoms with Crippen molar-refractivity contribution >= 4 is 0 Å². The van der Waals surface area contributed by atoms with Gasteiger partial charge in [0.2, 0.25) is 0 Å². The van der Waals surface area contributed by atoms with E-state index in [0.717, 1.165) is 5.75 Å². The molecule has 0 saturated carbocycles. The van der Waals surface area contributed by atoms with Gasteiger partial charge < -0.3 is 24.6 Å². The molecule has 0 fully saturated rings. The van der Waals surface area contributed by atoms with Gasteiger partial charge in [-0.1, -0.05) is 0 Å². The van der Waals surface area contributed by atoms with Crippen LogP contribution in [0.5, 0.6) is 11.5 Å². The molecule has 2 N–H and O–H groups in total. The molecular formula is C16H24N2O4. The van der Waals surface area contributed by atoms with Gasteiger partial charge in [0.15, 0.2) is 0 Å². The molecule has 0 aromatic heterocycles. The quantitative estimate of drug-likeness (QED) is 0.600. The summed E-state index contributed by atoms with van der Waals surface area (Å²) >= 11 is 0. The van der Waals surface area contributed by atoms with Gasteiger partial charge in [-0.05, 0) is 31.2 Å². The molecule has 2 unspecified atom stereocenters. The maximum atomic E-state index is 9.82. The maximum absolute atomic E-state index is 9.82. The van der Waals surface area contributed by atoms with Crippen LogP contribution in [-0.4, -0.2) is 50.7 Å². The summed E-state index contributed by atoms with van der Waals surface area (Å²) < 4.78 is 15.9. The van der Waals surface area contributed by atoms with Crippen molar-refractivity contribution in [2.45, 2.75) is 25.5 Å². The van der Waals surface area contributed by atoms with Gasteiger partial charge in [-0.15, -0.1) is 0 Å². The van der Waals surface area contributed by atoms with Crippen LogP contribution in [0.3, 0.4) is 0 Å². The Morgan fingerprint density at radius 1 is 1.18 bits per heavy atom. The van der Waals surface area contributed by atoms with Crippen molar-refractivity contribution in [3.8, 4) is 17.6 Å². The lowest BCUT2D eigenvalue weighted by atomic mass is 10.2. The molecule has 0 aliphatic rings. The van der Waals surface area contributed by atoms with Crippen molar-refractivity contribution in [1.82, 2.24) is 5.32 Å². The zero-order valence-electron chi connectivity index (χ0n) is 13.1. The molecule has 1 rings (SSSR count). The number of rotatable bonds is 11. The number of benzene rings is 1. The fourth-order valence-corrected chi connectivity index (χ4v) is 1.67. The third-order valence-electron chi connectivity index (χ3n) is 2.92. The second-order valence-corrected chi connectivity index (χ2v) is 4.95. The molecule has 0 heterocycles. The molecule has 0 spiro atoms. The van der Waals surface area contributed by atoms with Gasteiger partial charge in [0.05, 0.1) is 19.1 Å². The van der Waals surface area contributed by atoms with E-state index in [0.29, 0.717) is 31.9 Å². The summed E-state index contributed by atoms with van der Waals surface area (Å²) in [6, 6.07) is 9.34. The topological polar surface area (TPSA) is 83.7 Å². The van der Waals surface area contributed by atoms with Crippen LogP contribution < -0.4 is 14.8 Å². The van der Waals surface area contributed by atoms with Crippen molar-refractivity contribution in [3.05, 3.63) is 24.3 Å². The zero-order chi connectivity index (χ0) is 16.2. The number of aliphatic hydroxyl groups is 1. The van der Waals surface area contributed by atoms with Gasteiger partial charge in [0.1, 0.15) is 30.8 Å². The summed E-state index contributed by atoms with van der Waals surface area (Å²) in [5.41, 5.74) is 0. The van der Waals surface area contributed by atoms with Crippen LogP contribution in [0.1, 0.15) is 13.3 Å². The van der Waals surface area contributed by atoms with Crippen LogP contribution >= 0.6 is 0 Å². The zero-order valence-corrected chi connectivity index (χ0v) is 13.1. The Balaban J connectivity index is 2.25. The molecule has 6 nitrogen and oxygen atoms in total. The molecule has 22 heavy (non-hydrogen) atoms. The highest BCUT2D eigenvalue weighted by Gasteiger charge is 2.08. The molecule has 0 aliphatic heterocycles. The first-order valence-corrected chi connectivity index (χ1v) is 7.28. The lowest BCUT2D eigenvalue weighted by molar-refractivity contribution is 0.104. The van der Waals surface area contributed by atoms with E-state index < -0.39 is 6.10 Å². The van der Waals surface area contributed by atoms with Crippen LogP contribution in [0, 0.1) is 11.3 Å². The molecule has 2 atom stereocenters. The normalized spacial score (nSPS) is 13.2. The Morgan fingerprint density at radius 3 is 2.41 bits per heavy atom. The molecule has 0 amide bonds. The number of nitrogens with one attached hydrogen (secondary N) is 1. The number of methoxy groups -OCH3 is 1. The fraction of sp³-hybridized carbons (Fsp3) is 0.562. The summed E-state index contributed by atoms with van der Waals surface area (Å²) in [6.45, 7) is 3.53. The molecule has 0 radical (unpaired) electrons. The highest BCUT2D eigenvalue weighted by molar-refractivity contribution is 5.31. The number of ether oxygens (including phenoxy) is 3. The summed E-state index contributed by atoms with van der Waals surface area (Å²) in [7, 11) is 1.63. The largest absolute Gasteiger partial charge is 0.491 e. The highest BCUT2D eigenvalue weighted by atomic mass is 16.5. The highest BCUT2D eigenvalue weighted by Crippen LogP contribution is 2.17. The number of hydrogen-bond acceptors (Lipinski definition) is 6. The number of nitrogens with zero attached hydrogens (tertiary/aromatic N) is 1. The molecule has 0 saturated heterocycles. The minimum absolute atomic E-state index is 0.0585. The van der Waals surface area contributed by atoms with Crippen LogP contribution in [-0.2, 0) is 4.74 Å². The second-order valence-electron chi connectivity index (χ2n) is 4.95. The molecule has 122 valence electrons. The number of aliphatic hydroxyl groups excluding tert-OH is 1. The Bertz CT molecular complexity index is 444. The summed E-state index contributed by atoms with van der Waals surface area (Å²) in [5, 5.41) is 21.4. The van der Waals surface area contributed by atoms with Gasteiger partial charge in [-0.3, -0.25) is 0 Å². The van der Waals surface area contributed by atoms with Crippen molar-refractivity contribution in [3.63, 3.8) is 0 Å². The Morgan fingerprint density at radius 2 is 1.82 bits per heavy atom. The van der Waals surface area contributed by atoms with E-state index in [1.54, 1.807) is 19.2 Å². The van der Waals surface area contributed by atoms with Crippen molar-refractivity contribution in [1.29, 1.82) is 5.26 Å². The standard InChI is InChI=1S/C16H24N2O4/c1-13(7-8-17)18-11-14(19)12-22-16-5-3-15(4-6-16)21-10-9-20-2/h3-6,13-14,18-19H,7,9-12H2,1-2H3. The first-order chi connectivity index (χ1) is 10.7. The second kappa shape index (κ2) is 10.9. The number of nitriles is 1. The van der Waals surface area contributed by atoms with Crippen LogP contribution in [0.25, 0.3) is 0 Å². The molecule has 6 heteroatoms. The Kier molecular flexibility index (Phi) is 9.00. The molecule has 1 aromatic rings. The predicted molar refractivity (Wildman–Crippen MR) is 83.0 cm³/mol. The van der Waals surface area contributed by atoms with Crippen LogP contribution in [0.4, 0.5) is 0 Å². The van der Waals surface area contributed by atoms with Gasteiger partial charge in [-0.2, -0.15) is 5.26 Å². The van der Waals surface area contributed by atoms with Gasteiger partial charge in [0, 0.05) is 19.7 Å². The van der Waals surface area contributed by atoms with Crippen molar-refractivity contribution in [2.24, 2.45) is 0 Å². The molecule has 0 aliphatic carbocycles. The summed E-state index contributed by atoms with van der Waals surface area (Å²) in [5.74, 6) is 1.42. The third-order valence-corrected chi connectivity index (χ3v) is 2.92. The smallest absolute Gasteiger partial charge is 0.119 e. The predicted octanol–water partition coefficient (Wildman–Crippen LogP) is 1.34. The van der Waals surface area contributed by atoms with Gasteiger partial charge in [-0.25, -0.2) is 0 Å². The third kappa shape index (κ3) is 7.84. The Hall–Kier alpha value is -1.81. The SMILES string of the molecule is COCCOc1ccc(OCC(O)CNC(C)CC#N)cc1. The average Bonchev–Trinajstić information content (AvgIpc) is 2.53. The lowest BCUT2D eigenvalue weighted by Crippen LogP contribution is -2.36. The Labute approximate surface area is 131 Å². The first kappa shape index (κ1) is 18.2. The van der Waals surface area contributed by atoms with E-state index in [2.05, 4.69) is 11.4 Å². The minimum atomic E-state index is -0.626. The molecule has 0 bridgehead atoms. The minimum Gasteiger partial charge on any atom is -0.491 e. The van der Waals surface area contributed by atoms with Crippen LogP contribution in [0.2, 0.25) is 0 Å². The van der Waals surface area contributed by atoms with Gasteiger partial charge >= 0.3 is 0 Å². The fourth-order valence-electron chi connectivity index (χ4n) is 1.67. The maximum Gasteiger partial charge on any atom is 0.119 e. The van der Waals surface area contributed by atoms with Crippen molar-refractivity contribution < 1.29 is 19.3 Å². The summed E-state index contributed by atoms with van der Waals surface area (Å²) in [6.07, 6.45) is -0.211. The van der Waals surface area contributed by atoms with Crippen molar-refractivity contribution in [2.75, 3.05) is 33.5 Å². The van der Waals surface area contributed by atoms with Crippen LogP contribution in [0.15, 0.2) is 24.3 Å². The monoisotopic (exact) mass is 308 g/mol. The van der Waals surface area contributed by atoms with E-state index in [1.165, 1.54) is 0 Å². The first-order valence-electron chi connectivity index (χ1n) is 7.28. The van der Waals surface area contributed by atoms with E-state index in [9.17, 15) is 5.11 Å².